The van der Waals surface area contributed by atoms with Gasteiger partial charge < -0.3 is 10.5 Å². The molecule has 0 atom stereocenters. The number of anilines is 1. The molecular formula is C8H13N3OS. The summed E-state index contributed by atoms with van der Waals surface area (Å²) in [5, 5.41) is 0.920. The minimum absolute atomic E-state index is 0.330. The first-order valence-electron chi connectivity index (χ1n) is 4.03. The zero-order chi connectivity index (χ0) is 9.52. The first-order chi connectivity index (χ1) is 6.33. The predicted octanol–water partition coefficient (Wildman–Crippen LogP) is 1.19. The van der Waals surface area contributed by atoms with Crippen LogP contribution in [-0.2, 0) is 4.74 Å². The monoisotopic (exact) mass is 199 g/mol. The third-order valence-electron chi connectivity index (χ3n) is 1.39. The number of nitrogens with two attached hydrogens (primary N) is 1. The number of methoxy groups -OCH3 is 1. The van der Waals surface area contributed by atoms with E-state index in [1.54, 1.807) is 25.1 Å². The number of ether oxygens (including phenoxy) is 1. The summed E-state index contributed by atoms with van der Waals surface area (Å²) in [4.78, 5) is 7.87. The van der Waals surface area contributed by atoms with E-state index in [0.29, 0.717) is 5.95 Å². The highest BCUT2D eigenvalue weighted by atomic mass is 32.2. The highest BCUT2D eigenvalue weighted by molar-refractivity contribution is 7.99. The Hall–Kier alpha value is -0.810. The summed E-state index contributed by atoms with van der Waals surface area (Å²) < 4.78 is 4.93. The molecule has 1 aromatic heterocycles. The molecule has 0 bridgehead atoms. The topological polar surface area (TPSA) is 61.0 Å². The van der Waals surface area contributed by atoms with E-state index in [1.165, 1.54) is 0 Å². The second kappa shape index (κ2) is 5.77. The number of rotatable bonds is 5. The highest BCUT2D eigenvalue weighted by Crippen LogP contribution is 2.15. The molecule has 5 heteroatoms. The quantitative estimate of drug-likeness (QED) is 0.438. The summed E-state index contributed by atoms with van der Waals surface area (Å²) in [5.41, 5.74) is 5.43. The van der Waals surface area contributed by atoms with E-state index in [-0.39, 0.29) is 0 Å². The molecule has 0 aliphatic carbocycles. The van der Waals surface area contributed by atoms with Crippen molar-refractivity contribution in [1.29, 1.82) is 0 Å². The average Bonchev–Trinajstić information content (AvgIpc) is 2.13. The molecule has 0 saturated carbocycles. The molecule has 0 amide bonds. The molecule has 0 radical (unpaired) electrons. The van der Waals surface area contributed by atoms with Crippen LogP contribution in [0.15, 0.2) is 17.3 Å². The highest BCUT2D eigenvalue weighted by Gasteiger charge is 1.96. The van der Waals surface area contributed by atoms with Crippen LogP contribution in [0.4, 0.5) is 5.95 Å². The lowest BCUT2D eigenvalue weighted by Gasteiger charge is -2.00. The van der Waals surface area contributed by atoms with Gasteiger partial charge in [-0.15, -0.1) is 11.8 Å². The van der Waals surface area contributed by atoms with Crippen LogP contribution in [0, 0.1) is 0 Å². The second-order valence-electron chi connectivity index (χ2n) is 2.45. The van der Waals surface area contributed by atoms with Gasteiger partial charge in [-0.3, -0.25) is 0 Å². The fourth-order valence-corrected chi connectivity index (χ4v) is 1.60. The predicted molar refractivity (Wildman–Crippen MR) is 53.7 cm³/mol. The van der Waals surface area contributed by atoms with Crippen molar-refractivity contribution in [2.24, 2.45) is 0 Å². The summed E-state index contributed by atoms with van der Waals surface area (Å²) in [6.07, 6.45) is 2.69. The third kappa shape index (κ3) is 4.10. The number of aromatic nitrogens is 2. The van der Waals surface area contributed by atoms with Crippen LogP contribution in [0.3, 0.4) is 0 Å². The van der Waals surface area contributed by atoms with Gasteiger partial charge in [0.15, 0.2) is 0 Å². The van der Waals surface area contributed by atoms with Gasteiger partial charge in [0.05, 0.1) is 0 Å². The molecule has 0 spiro atoms. The first kappa shape index (κ1) is 10.3. The fraction of sp³-hybridized carbons (Fsp3) is 0.500. The van der Waals surface area contributed by atoms with Gasteiger partial charge in [-0.05, 0) is 12.5 Å². The Morgan fingerprint density at radius 2 is 2.46 bits per heavy atom. The molecule has 0 aromatic carbocycles. The number of hydrogen-bond donors (Lipinski definition) is 1. The number of thioether (sulfide) groups is 1. The molecule has 1 aromatic rings. The van der Waals surface area contributed by atoms with Crippen molar-refractivity contribution in [3.05, 3.63) is 12.3 Å². The molecule has 1 rings (SSSR count). The third-order valence-corrected chi connectivity index (χ3v) is 2.41. The molecule has 0 saturated heterocycles. The molecule has 0 fully saturated rings. The number of hydrogen-bond acceptors (Lipinski definition) is 5. The maximum atomic E-state index is 5.43. The Balaban J connectivity index is 2.28. The van der Waals surface area contributed by atoms with E-state index in [0.717, 1.165) is 23.8 Å². The van der Waals surface area contributed by atoms with Gasteiger partial charge in [-0.25, -0.2) is 9.97 Å². The second-order valence-corrected chi connectivity index (χ2v) is 3.56. The van der Waals surface area contributed by atoms with E-state index >= 15 is 0 Å². The lowest BCUT2D eigenvalue weighted by Crippen LogP contribution is -1.95. The van der Waals surface area contributed by atoms with Crippen LogP contribution in [0.2, 0.25) is 0 Å². The van der Waals surface area contributed by atoms with Crippen LogP contribution in [0.5, 0.6) is 0 Å². The maximum absolute atomic E-state index is 5.43. The average molecular weight is 199 g/mol. The van der Waals surface area contributed by atoms with E-state index in [2.05, 4.69) is 9.97 Å². The van der Waals surface area contributed by atoms with Crippen molar-refractivity contribution in [1.82, 2.24) is 9.97 Å². The van der Waals surface area contributed by atoms with Gasteiger partial charge in [-0.2, -0.15) is 0 Å². The molecule has 0 unspecified atom stereocenters. The Morgan fingerprint density at radius 3 is 3.15 bits per heavy atom. The largest absolute Gasteiger partial charge is 0.385 e. The molecule has 13 heavy (non-hydrogen) atoms. The van der Waals surface area contributed by atoms with Gasteiger partial charge in [0.25, 0.3) is 0 Å². The van der Waals surface area contributed by atoms with Crippen LogP contribution in [-0.4, -0.2) is 29.4 Å². The Labute approximate surface area is 81.9 Å². The van der Waals surface area contributed by atoms with Crippen molar-refractivity contribution in [3.63, 3.8) is 0 Å². The molecular weight excluding hydrogens is 186 g/mol. The smallest absolute Gasteiger partial charge is 0.221 e. The summed E-state index contributed by atoms with van der Waals surface area (Å²) >= 11 is 1.66. The zero-order valence-corrected chi connectivity index (χ0v) is 8.38. The first-order valence-corrected chi connectivity index (χ1v) is 5.02. The van der Waals surface area contributed by atoms with Crippen LogP contribution in [0.1, 0.15) is 6.42 Å². The Morgan fingerprint density at radius 1 is 1.62 bits per heavy atom. The lowest BCUT2D eigenvalue weighted by atomic mass is 10.5. The number of nitrogen functional groups attached to an aromatic ring is 1. The summed E-state index contributed by atoms with van der Waals surface area (Å²) in [6, 6.07) is 1.85. The summed E-state index contributed by atoms with van der Waals surface area (Å²) in [5.74, 6) is 1.32. The SMILES string of the molecule is COCCCSc1ccnc(N)n1. The van der Waals surface area contributed by atoms with Gasteiger partial charge in [0.2, 0.25) is 5.95 Å². The van der Waals surface area contributed by atoms with Crippen molar-refractivity contribution >= 4 is 17.7 Å². The molecule has 1 heterocycles. The lowest BCUT2D eigenvalue weighted by molar-refractivity contribution is 0.200. The van der Waals surface area contributed by atoms with Gasteiger partial charge >= 0.3 is 0 Å². The summed E-state index contributed by atoms with van der Waals surface area (Å²) in [6.45, 7) is 0.785. The Kier molecular flexibility index (Phi) is 4.56. The van der Waals surface area contributed by atoms with Crippen molar-refractivity contribution in [3.8, 4) is 0 Å². The Bertz CT molecular complexity index is 257. The molecule has 0 aliphatic rings. The maximum Gasteiger partial charge on any atom is 0.221 e. The van der Waals surface area contributed by atoms with Crippen LogP contribution in [0.25, 0.3) is 0 Å². The molecule has 72 valence electrons. The van der Waals surface area contributed by atoms with Crippen LogP contribution < -0.4 is 5.73 Å². The minimum Gasteiger partial charge on any atom is -0.385 e. The van der Waals surface area contributed by atoms with Crippen molar-refractivity contribution in [2.75, 3.05) is 25.2 Å². The molecule has 4 nitrogen and oxygen atoms in total. The van der Waals surface area contributed by atoms with Crippen molar-refractivity contribution in [2.45, 2.75) is 11.4 Å². The minimum atomic E-state index is 0.330. The summed E-state index contributed by atoms with van der Waals surface area (Å²) in [7, 11) is 1.70. The fourth-order valence-electron chi connectivity index (χ4n) is 0.817. The van der Waals surface area contributed by atoms with Gasteiger partial charge in [0, 0.05) is 25.7 Å². The standard InChI is InChI=1S/C8H13N3OS/c1-12-5-2-6-13-7-3-4-10-8(9)11-7/h3-4H,2,5-6H2,1H3,(H2,9,10,11). The van der Waals surface area contributed by atoms with E-state index in [1.807, 2.05) is 6.07 Å². The van der Waals surface area contributed by atoms with Gasteiger partial charge in [-0.1, -0.05) is 0 Å². The van der Waals surface area contributed by atoms with Crippen molar-refractivity contribution < 1.29 is 4.74 Å². The molecule has 2 N–H and O–H groups in total. The van der Waals surface area contributed by atoms with E-state index in [9.17, 15) is 0 Å². The van der Waals surface area contributed by atoms with Crippen LogP contribution >= 0.6 is 11.8 Å². The van der Waals surface area contributed by atoms with Gasteiger partial charge in [0.1, 0.15) is 5.03 Å². The molecule has 0 aliphatic heterocycles. The van der Waals surface area contributed by atoms with E-state index in [4.69, 9.17) is 10.5 Å². The normalized spacial score (nSPS) is 10.2. The zero-order valence-electron chi connectivity index (χ0n) is 7.56. The number of nitrogens with zero attached hydrogens (tertiary/aromatic N) is 2. The van der Waals surface area contributed by atoms with E-state index < -0.39 is 0 Å².